The number of carbonyl (C=O) groups is 2. The molecule has 3 rings (SSSR count). The van der Waals surface area contributed by atoms with E-state index in [1.807, 2.05) is 12.1 Å². The number of amides is 2. The second-order valence-electron chi connectivity index (χ2n) is 5.92. The molecule has 1 heterocycles. The lowest BCUT2D eigenvalue weighted by Crippen LogP contribution is -2.28. The Bertz CT molecular complexity index is 850. The van der Waals surface area contributed by atoms with Gasteiger partial charge in [0.05, 0.1) is 34.4 Å². The first-order chi connectivity index (χ1) is 12.4. The molecule has 2 aromatic rings. The van der Waals surface area contributed by atoms with Crippen LogP contribution in [0.1, 0.15) is 6.42 Å². The maximum absolute atomic E-state index is 12.6. The lowest BCUT2D eigenvalue weighted by atomic mass is 10.1. The van der Waals surface area contributed by atoms with Crippen LogP contribution in [0.25, 0.3) is 0 Å². The van der Waals surface area contributed by atoms with Crippen molar-refractivity contribution in [2.45, 2.75) is 6.42 Å². The van der Waals surface area contributed by atoms with Gasteiger partial charge in [-0.1, -0.05) is 35.3 Å². The van der Waals surface area contributed by atoms with Gasteiger partial charge in [-0.05, 0) is 24.3 Å². The van der Waals surface area contributed by atoms with Crippen LogP contribution in [0.15, 0.2) is 36.4 Å². The molecule has 8 heteroatoms. The molecule has 0 bridgehead atoms. The summed E-state index contributed by atoms with van der Waals surface area (Å²) in [6, 6.07) is 10.2. The highest BCUT2D eigenvalue weighted by Gasteiger charge is 2.36. The molecule has 1 saturated heterocycles. The molecule has 0 saturated carbocycles. The summed E-state index contributed by atoms with van der Waals surface area (Å²) in [4.78, 5) is 26.5. The van der Waals surface area contributed by atoms with E-state index in [9.17, 15) is 9.59 Å². The Morgan fingerprint density at radius 1 is 1.27 bits per heavy atom. The monoisotopic (exact) mass is 393 g/mol. The Hall–Kier alpha value is -2.44. The van der Waals surface area contributed by atoms with Crippen molar-refractivity contribution in [2.24, 2.45) is 5.92 Å². The standard InChI is InChI=1S/C18H17Cl2N3O3/c1-26-15-5-3-2-4-14(15)23-9-10(6-16(23)24)18(25)22-11-7-12(19)17(21)13(20)8-11/h2-5,7-8,10H,6,9,21H2,1H3,(H,22,25). The molecule has 0 spiro atoms. The number of halogens is 2. The number of rotatable bonds is 4. The lowest BCUT2D eigenvalue weighted by Gasteiger charge is -2.19. The number of nitrogens with two attached hydrogens (primary N) is 1. The predicted octanol–water partition coefficient (Wildman–Crippen LogP) is 3.58. The van der Waals surface area contributed by atoms with Gasteiger partial charge in [-0.2, -0.15) is 0 Å². The first-order valence-corrected chi connectivity index (χ1v) is 8.65. The van der Waals surface area contributed by atoms with Crippen LogP contribution in [-0.2, 0) is 9.59 Å². The number of methoxy groups -OCH3 is 1. The average Bonchev–Trinajstić information content (AvgIpc) is 3.01. The van der Waals surface area contributed by atoms with Crippen molar-refractivity contribution in [1.82, 2.24) is 0 Å². The molecule has 0 radical (unpaired) electrons. The van der Waals surface area contributed by atoms with Crippen molar-refractivity contribution < 1.29 is 14.3 Å². The Kier molecular flexibility index (Phi) is 5.25. The van der Waals surface area contributed by atoms with Gasteiger partial charge in [0.25, 0.3) is 0 Å². The van der Waals surface area contributed by atoms with E-state index in [2.05, 4.69) is 5.32 Å². The number of hydrogen-bond donors (Lipinski definition) is 2. The highest BCUT2D eigenvalue weighted by atomic mass is 35.5. The second-order valence-corrected chi connectivity index (χ2v) is 6.73. The predicted molar refractivity (Wildman–Crippen MR) is 103 cm³/mol. The van der Waals surface area contributed by atoms with Gasteiger partial charge in [0.1, 0.15) is 5.75 Å². The largest absolute Gasteiger partial charge is 0.495 e. The number of nitrogens with zero attached hydrogens (tertiary/aromatic N) is 1. The molecule has 1 fully saturated rings. The van der Waals surface area contributed by atoms with E-state index < -0.39 is 5.92 Å². The zero-order chi connectivity index (χ0) is 18.8. The third kappa shape index (κ3) is 3.57. The zero-order valence-electron chi connectivity index (χ0n) is 14.0. The summed E-state index contributed by atoms with van der Waals surface area (Å²) in [7, 11) is 1.54. The molecule has 1 aliphatic heterocycles. The maximum atomic E-state index is 12.6. The summed E-state index contributed by atoms with van der Waals surface area (Å²) in [5, 5.41) is 3.25. The van der Waals surface area contributed by atoms with Gasteiger partial charge in [-0.25, -0.2) is 0 Å². The number of nitrogens with one attached hydrogen (secondary N) is 1. The van der Waals surface area contributed by atoms with Crippen molar-refractivity contribution in [2.75, 3.05) is 29.6 Å². The minimum absolute atomic E-state index is 0.111. The minimum Gasteiger partial charge on any atom is -0.495 e. The van der Waals surface area contributed by atoms with Crippen LogP contribution in [0.3, 0.4) is 0 Å². The summed E-state index contributed by atoms with van der Waals surface area (Å²) in [6.07, 6.45) is 0.111. The van der Waals surface area contributed by atoms with Crippen LogP contribution < -0.4 is 20.7 Å². The fraction of sp³-hybridized carbons (Fsp3) is 0.222. The van der Waals surface area contributed by atoms with Gasteiger partial charge < -0.3 is 20.7 Å². The molecule has 136 valence electrons. The van der Waals surface area contributed by atoms with E-state index in [0.29, 0.717) is 17.1 Å². The Morgan fingerprint density at radius 3 is 2.58 bits per heavy atom. The summed E-state index contributed by atoms with van der Waals surface area (Å²) in [5.41, 5.74) is 7.03. The van der Waals surface area contributed by atoms with Gasteiger partial charge in [-0.3, -0.25) is 9.59 Å². The van der Waals surface area contributed by atoms with Crippen molar-refractivity contribution in [3.63, 3.8) is 0 Å². The Balaban J connectivity index is 1.75. The number of hydrogen-bond acceptors (Lipinski definition) is 4. The van der Waals surface area contributed by atoms with Crippen LogP contribution in [-0.4, -0.2) is 25.5 Å². The van der Waals surface area contributed by atoms with Crippen LogP contribution in [0, 0.1) is 5.92 Å². The third-order valence-electron chi connectivity index (χ3n) is 4.22. The van der Waals surface area contributed by atoms with Crippen molar-refractivity contribution in [3.8, 4) is 5.75 Å². The second kappa shape index (κ2) is 7.43. The molecule has 0 aliphatic carbocycles. The fourth-order valence-corrected chi connectivity index (χ4v) is 3.36. The van der Waals surface area contributed by atoms with Gasteiger partial charge in [0.2, 0.25) is 11.8 Å². The quantitative estimate of drug-likeness (QED) is 0.777. The summed E-state index contributed by atoms with van der Waals surface area (Å²) in [6.45, 7) is 0.265. The number of anilines is 3. The number of benzene rings is 2. The normalized spacial score (nSPS) is 16.7. The van der Waals surface area contributed by atoms with Crippen LogP contribution in [0.5, 0.6) is 5.75 Å². The highest BCUT2D eigenvalue weighted by molar-refractivity contribution is 6.39. The molecule has 26 heavy (non-hydrogen) atoms. The number of nitrogen functional groups attached to an aromatic ring is 1. The Morgan fingerprint density at radius 2 is 1.92 bits per heavy atom. The smallest absolute Gasteiger partial charge is 0.229 e. The van der Waals surface area contributed by atoms with Gasteiger partial charge in [0, 0.05) is 18.7 Å². The first kappa shape index (κ1) is 18.4. The number of carbonyl (C=O) groups excluding carboxylic acids is 2. The van der Waals surface area contributed by atoms with E-state index >= 15 is 0 Å². The van der Waals surface area contributed by atoms with Crippen molar-refractivity contribution >= 4 is 52.1 Å². The first-order valence-electron chi connectivity index (χ1n) is 7.89. The number of ether oxygens (including phenoxy) is 1. The van der Waals surface area contributed by atoms with E-state index in [1.165, 1.54) is 19.2 Å². The summed E-state index contributed by atoms with van der Waals surface area (Å²) in [5.74, 6) is -0.336. The summed E-state index contributed by atoms with van der Waals surface area (Å²) >= 11 is 12.0. The average molecular weight is 394 g/mol. The van der Waals surface area contributed by atoms with E-state index in [-0.39, 0.29) is 40.5 Å². The minimum atomic E-state index is -0.498. The third-order valence-corrected chi connectivity index (χ3v) is 4.84. The van der Waals surface area contributed by atoms with E-state index in [1.54, 1.807) is 17.0 Å². The molecular formula is C18H17Cl2N3O3. The number of para-hydroxylation sites is 2. The van der Waals surface area contributed by atoms with Crippen LogP contribution >= 0.6 is 23.2 Å². The zero-order valence-corrected chi connectivity index (χ0v) is 15.5. The fourth-order valence-electron chi connectivity index (χ4n) is 2.87. The summed E-state index contributed by atoms with van der Waals surface area (Å²) < 4.78 is 5.30. The molecule has 1 unspecified atom stereocenters. The van der Waals surface area contributed by atoms with Crippen molar-refractivity contribution in [1.29, 1.82) is 0 Å². The molecule has 6 nitrogen and oxygen atoms in total. The van der Waals surface area contributed by atoms with Gasteiger partial charge >= 0.3 is 0 Å². The molecular weight excluding hydrogens is 377 g/mol. The molecule has 3 N–H and O–H groups in total. The van der Waals surface area contributed by atoms with Crippen molar-refractivity contribution in [3.05, 3.63) is 46.4 Å². The molecule has 2 aromatic carbocycles. The van der Waals surface area contributed by atoms with E-state index in [4.69, 9.17) is 33.7 Å². The van der Waals surface area contributed by atoms with Crippen LogP contribution in [0.2, 0.25) is 10.0 Å². The maximum Gasteiger partial charge on any atom is 0.229 e. The van der Waals surface area contributed by atoms with Gasteiger partial charge in [-0.15, -0.1) is 0 Å². The van der Waals surface area contributed by atoms with Crippen LogP contribution in [0.4, 0.5) is 17.1 Å². The molecule has 0 aromatic heterocycles. The molecule has 2 amide bonds. The topological polar surface area (TPSA) is 84.7 Å². The molecule has 1 atom stereocenters. The Labute approximate surface area is 160 Å². The SMILES string of the molecule is COc1ccccc1N1CC(C(=O)Nc2cc(Cl)c(N)c(Cl)c2)CC1=O. The highest BCUT2D eigenvalue weighted by Crippen LogP contribution is 2.34. The van der Waals surface area contributed by atoms with E-state index in [0.717, 1.165) is 0 Å². The van der Waals surface area contributed by atoms with Gasteiger partial charge in [0.15, 0.2) is 0 Å². The molecule has 1 aliphatic rings. The lowest BCUT2D eigenvalue weighted by molar-refractivity contribution is -0.122.